The van der Waals surface area contributed by atoms with E-state index in [1.807, 2.05) is 0 Å². The highest BCUT2D eigenvalue weighted by atomic mass is 35.5. The highest BCUT2D eigenvalue weighted by Gasteiger charge is 2.13. The normalized spacial score (nSPS) is 11.2. The average molecular weight is 338 g/mol. The maximum Gasteiger partial charge on any atom is 0.246 e. The molecule has 0 aliphatic carbocycles. The van der Waals surface area contributed by atoms with Crippen molar-refractivity contribution in [3.05, 3.63) is 52.6 Å². The van der Waals surface area contributed by atoms with E-state index in [0.717, 1.165) is 0 Å². The molecule has 7 heteroatoms. The molecule has 122 valence electrons. The van der Waals surface area contributed by atoms with E-state index >= 15 is 0 Å². The Labute approximate surface area is 138 Å². The molecule has 0 unspecified atom stereocenters. The lowest BCUT2D eigenvalue weighted by Gasteiger charge is -2.12. The fourth-order valence-corrected chi connectivity index (χ4v) is 2.33. The highest BCUT2D eigenvalue weighted by Crippen LogP contribution is 2.24. The van der Waals surface area contributed by atoms with Gasteiger partial charge in [0, 0.05) is 25.2 Å². The summed E-state index contributed by atoms with van der Waals surface area (Å²) < 4.78 is 14.5. The van der Waals surface area contributed by atoms with Crippen molar-refractivity contribution in [1.82, 2.24) is 14.7 Å². The number of halogens is 2. The number of carbonyl (C=O) groups is 1. The Morgan fingerprint density at radius 3 is 2.70 bits per heavy atom. The van der Waals surface area contributed by atoms with E-state index in [4.69, 9.17) is 16.7 Å². The lowest BCUT2D eigenvalue weighted by Crippen LogP contribution is -2.27. The predicted molar refractivity (Wildman–Crippen MR) is 87.0 cm³/mol. The number of benzene rings is 1. The summed E-state index contributed by atoms with van der Waals surface area (Å²) in [6.45, 7) is 1.93. The summed E-state index contributed by atoms with van der Waals surface area (Å²) >= 11 is 6.32. The van der Waals surface area contributed by atoms with Gasteiger partial charge in [0.25, 0.3) is 0 Å². The summed E-state index contributed by atoms with van der Waals surface area (Å²) in [5, 5.41) is 13.5. The minimum atomic E-state index is -0.341. The van der Waals surface area contributed by atoms with Gasteiger partial charge >= 0.3 is 0 Å². The minimum Gasteiger partial charge on any atom is -0.395 e. The SMILES string of the molecule is Cc1nn(-c2ccc(F)cc2)c(Cl)c1/C=C/C(=O)N(C)CCO. The minimum absolute atomic E-state index is 0.0988. The number of aryl methyl sites for hydroxylation is 1. The Morgan fingerprint density at radius 1 is 1.43 bits per heavy atom. The van der Waals surface area contributed by atoms with Crippen LogP contribution < -0.4 is 0 Å². The van der Waals surface area contributed by atoms with Crippen molar-refractivity contribution >= 4 is 23.6 Å². The number of amides is 1. The molecule has 0 bridgehead atoms. The molecule has 2 rings (SSSR count). The van der Waals surface area contributed by atoms with E-state index in [9.17, 15) is 9.18 Å². The molecule has 1 aromatic carbocycles. The van der Waals surface area contributed by atoms with Crippen LogP contribution in [-0.4, -0.2) is 45.9 Å². The molecule has 2 aromatic rings. The molecule has 0 saturated carbocycles. The number of likely N-dealkylation sites (N-methyl/N-ethyl adjacent to an activating group) is 1. The Kier molecular flexibility index (Phi) is 5.52. The second-order valence-electron chi connectivity index (χ2n) is 4.99. The first-order chi connectivity index (χ1) is 10.9. The number of rotatable bonds is 5. The van der Waals surface area contributed by atoms with Crippen molar-refractivity contribution in [1.29, 1.82) is 0 Å². The maximum atomic E-state index is 13.0. The molecule has 0 aliphatic rings. The zero-order valence-electron chi connectivity index (χ0n) is 12.8. The molecule has 5 nitrogen and oxygen atoms in total. The Bertz CT molecular complexity index is 726. The van der Waals surface area contributed by atoms with E-state index < -0.39 is 0 Å². The lowest BCUT2D eigenvalue weighted by atomic mass is 10.2. The monoisotopic (exact) mass is 337 g/mol. The lowest BCUT2D eigenvalue weighted by molar-refractivity contribution is -0.125. The zero-order chi connectivity index (χ0) is 17.0. The van der Waals surface area contributed by atoms with Gasteiger partial charge in [-0.1, -0.05) is 11.6 Å². The van der Waals surface area contributed by atoms with Crippen LogP contribution in [0.2, 0.25) is 5.15 Å². The molecule has 1 N–H and O–H groups in total. The van der Waals surface area contributed by atoms with E-state index in [0.29, 0.717) is 22.1 Å². The molecule has 23 heavy (non-hydrogen) atoms. The Hall–Kier alpha value is -2.18. The van der Waals surface area contributed by atoms with Gasteiger partial charge in [0.05, 0.1) is 18.0 Å². The van der Waals surface area contributed by atoms with Crippen molar-refractivity contribution in [3.63, 3.8) is 0 Å². The Balaban J connectivity index is 2.27. The van der Waals surface area contributed by atoms with Crippen molar-refractivity contribution in [2.75, 3.05) is 20.2 Å². The van der Waals surface area contributed by atoms with Crippen LogP contribution in [0.5, 0.6) is 0 Å². The van der Waals surface area contributed by atoms with Gasteiger partial charge in [-0.15, -0.1) is 0 Å². The third-order valence-electron chi connectivity index (χ3n) is 3.32. The molecule has 0 spiro atoms. The molecule has 1 aromatic heterocycles. The summed E-state index contributed by atoms with van der Waals surface area (Å²) in [5.41, 5.74) is 1.89. The van der Waals surface area contributed by atoms with Crippen LogP contribution in [0.4, 0.5) is 4.39 Å². The van der Waals surface area contributed by atoms with E-state index in [1.165, 1.54) is 27.8 Å². The van der Waals surface area contributed by atoms with Gasteiger partial charge in [-0.05, 0) is 37.3 Å². The third kappa shape index (κ3) is 3.97. The van der Waals surface area contributed by atoms with E-state index in [-0.39, 0.29) is 24.9 Å². The molecular formula is C16H17ClFN3O2. The smallest absolute Gasteiger partial charge is 0.246 e. The number of hydrogen-bond donors (Lipinski definition) is 1. The number of aliphatic hydroxyl groups is 1. The first-order valence-corrected chi connectivity index (χ1v) is 7.37. The van der Waals surface area contributed by atoms with Gasteiger partial charge < -0.3 is 10.0 Å². The van der Waals surface area contributed by atoms with Gasteiger partial charge in [0.15, 0.2) is 0 Å². The molecule has 0 aliphatic heterocycles. The second-order valence-corrected chi connectivity index (χ2v) is 5.35. The summed E-state index contributed by atoms with van der Waals surface area (Å²) in [4.78, 5) is 13.3. The molecule has 1 amide bonds. The maximum absolute atomic E-state index is 13.0. The average Bonchev–Trinajstić information content (AvgIpc) is 2.80. The van der Waals surface area contributed by atoms with Crippen LogP contribution in [0.3, 0.4) is 0 Å². The number of carbonyl (C=O) groups excluding carboxylic acids is 1. The number of aromatic nitrogens is 2. The summed E-state index contributed by atoms with van der Waals surface area (Å²) in [6, 6.07) is 5.79. The molecular weight excluding hydrogens is 321 g/mol. The fourth-order valence-electron chi connectivity index (χ4n) is 2.00. The first kappa shape index (κ1) is 17.2. The van der Waals surface area contributed by atoms with Crippen LogP contribution >= 0.6 is 11.6 Å². The van der Waals surface area contributed by atoms with Gasteiger partial charge in [-0.25, -0.2) is 9.07 Å². The number of hydrogen-bond acceptors (Lipinski definition) is 3. The van der Waals surface area contributed by atoms with Crippen molar-refractivity contribution < 1.29 is 14.3 Å². The predicted octanol–water partition coefficient (Wildman–Crippen LogP) is 2.44. The third-order valence-corrected chi connectivity index (χ3v) is 3.69. The van der Waals surface area contributed by atoms with Gasteiger partial charge in [-0.2, -0.15) is 5.10 Å². The topological polar surface area (TPSA) is 58.4 Å². The Morgan fingerprint density at radius 2 is 2.09 bits per heavy atom. The number of nitrogens with zero attached hydrogens (tertiary/aromatic N) is 3. The van der Waals surface area contributed by atoms with Crippen molar-refractivity contribution in [2.45, 2.75) is 6.92 Å². The standard InChI is InChI=1S/C16H17ClFN3O2/c1-11-14(7-8-15(23)20(2)9-10-22)16(17)21(19-11)13-5-3-12(18)4-6-13/h3-8,22H,9-10H2,1-2H3/b8-7+. The fraction of sp³-hybridized carbons (Fsp3) is 0.250. The largest absolute Gasteiger partial charge is 0.395 e. The molecule has 0 saturated heterocycles. The van der Waals surface area contributed by atoms with Crippen molar-refractivity contribution in [3.8, 4) is 5.69 Å². The van der Waals surface area contributed by atoms with Gasteiger partial charge in [0.1, 0.15) is 11.0 Å². The summed E-state index contributed by atoms with van der Waals surface area (Å²) in [7, 11) is 1.60. The van der Waals surface area contributed by atoms with E-state index in [1.54, 1.807) is 32.2 Å². The second kappa shape index (κ2) is 7.39. The van der Waals surface area contributed by atoms with Crippen LogP contribution in [0.15, 0.2) is 30.3 Å². The molecule has 1 heterocycles. The quantitative estimate of drug-likeness (QED) is 0.853. The van der Waals surface area contributed by atoms with Crippen LogP contribution in [-0.2, 0) is 4.79 Å². The molecule has 0 fully saturated rings. The highest BCUT2D eigenvalue weighted by molar-refractivity contribution is 6.31. The molecule has 0 radical (unpaired) electrons. The van der Waals surface area contributed by atoms with Crippen LogP contribution in [0, 0.1) is 12.7 Å². The van der Waals surface area contributed by atoms with Gasteiger partial charge in [-0.3, -0.25) is 4.79 Å². The molecule has 0 atom stereocenters. The van der Waals surface area contributed by atoms with Crippen LogP contribution in [0.25, 0.3) is 11.8 Å². The summed E-state index contributed by atoms with van der Waals surface area (Å²) in [6.07, 6.45) is 2.96. The zero-order valence-corrected chi connectivity index (χ0v) is 13.6. The van der Waals surface area contributed by atoms with Crippen LogP contribution in [0.1, 0.15) is 11.3 Å². The number of aliphatic hydroxyl groups excluding tert-OH is 1. The van der Waals surface area contributed by atoms with E-state index in [2.05, 4.69) is 5.10 Å². The van der Waals surface area contributed by atoms with Crippen molar-refractivity contribution in [2.24, 2.45) is 0 Å². The summed E-state index contributed by atoms with van der Waals surface area (Å²) in [5.74, 6) is -0.588. The first-order valence-electron chi connectivity index (χ1n) is 6.99. The van der Waals surface area contributed by atoms with Gasteiger partial charge in [0.2, 0.25) is 5.91 Å².